The number of sulfone groups is 1. The van der Waals surface area contributed by atoms with Crippen LogP contribution in [0.25, 0.3) is 0 Å². The maximum absolute atomic E-state index is 12.1. The molecule has 0 aliphatic rings. The zero-order valence-electron chi connectivity index (χ0n) is 11.3. The minimum atomic E-state index is -3.30. The fourth-order valence-electron chi connectivity index (χ4n) is 1.95. The first-order valence-electron chi connectivity index (χ1n) is 6.55. The van der Waals surface area contributed by atoms with Crippen molar-refractivity contribution in [1.82, 2.24) is 0 Å². The molecule has 0 saturated heterocycles. The second kappa shape index (κ2) is 7.00. The largest absolute Gasteiger partial charge is 0.294 e. The maximum atomic E-state index is 12.1. The molecule has 0 saturated carbocycles. The van der Waals surface area contributed by atoms with Crippen molar-refractivity contribution in [2.24, 2.45) is 0 Å². The average molecular weight is 367 g/mol. The highest BCUT2D eigenvalue weighted by molar-refractivity contribution is 9.10. The van der Waals surface area contributed by atoms with Gasteiger partial charge in [-0.15, -0.1) is 0 Å². The van der Waals surface area contributed by atoms with Crippen LogP contribution >= 0.6 is 15.9 Å². The Morgan fingerprint density at radius 3 is 2.19 bits per heavy atom. The normalized spacial score (nSPS) is 11.3. The Kier molecular flexibility index (Phi) is 5.31. The number of hydrogen-bond acceptors (Lipinski definition) is 3. The first-order valence-corrected chi connectivity index (χ1v) is 9.00. The summed E-state index contributed by atoms with van der Waals surface area (Å²) in [5, 5.41) is 0. The van der Waals surface area contributed by atoms with Crippen molar-refractivity contribution in [2.75, 3.05) is 5.75 Å². The Morgan fingerprint density at radius 1 is 0.952 bits per heavy atom. The molecule has 0 aliphatic heterocycles. The van der Waals surface area contributed by atoms with E-state index in [1.54, 1.807) is 54.6 Å². The van der Waals surface area contributed by atoms with Gasteiger partial charge in [0.25, 0.3) is 0 Å². The predicted molar refractivity (Wildman–Crippen MR) is 86.2 cm³/mol. The van der Waals surface area contributed by atoms with Gasteiger partial charge in [-0.2, -0.15) is 0 Å². The SMILES string of the molecule is O=C(CCCS(=O)(=O)c1ccccc1)c1ccc(Br)cc1. The predicted octanol–water partition coefficient (Wildman–Crippen LogP) is 3.89. The van der Waals surface area contributed by atoms with Gasteiger partial charge in [0.15, 0.2) is 15.6 Å². The molecular weight excluding hydrogens is 352 g/mol. The van der Waals surface area contributed by atoms with Gasteiger partial charge in [-0.25, -0.2) is 8.42 Å². The fraction of sp³-hybridized carbons (Fsp3) is 0.188. The lowest BCUT2D eigenvalue weighted by molar-refractivity contribution is 0.0982. The topological polar surface area (TPSA) is 51.2 Å². The van der Waals surface area contributed by atoms with Crippen molar-refractivity contribution in [3.8, 4) is 0 Å². The van der Waals surface area contributed by atoms with E-state index in [2.05, 4.69) is 15.9 Å². The summed E-state index contributed by atoms with van der Waals surface area (Å²) in [6.45, 7) is 0. The number of carbonyl (C=O) groups is 1. The van der Waals surface area contributed by atoms with Crippen LogP contribution in [0, 0.1) is 0 Å². The Balaban J connectivity index is 1.92. The lowest BCUT2D eigenvalue weighted by Gasteiger charge is -2.04. The van der Waals surface area contributed by atoms with Crippen LogP contribution in [-0.4, -0.2) is 20.0 Å². The molecule has 0 radical (unpaired) electrons. The van der Waals surface area contributed by atoms with E-state index < -0.39 is 9.84 Å². The summed E-state index contributed by atoms with van der Waals surface area (Å²) < 4.78 is 25.1. The first kappa shape index (κ1) is 15.9. The summed E-state index contributed by atoms with van der Waals surface area (Å²) in [6, 6.07) is 15.4. The zero-order chi connectivity index (χ0) is 15.3. The Labute approximate surface area is 133 Å². The third kappa shape index (κ3) is 4.51. The minimum absolute atomic E-state index is 0.0146. The van der Waals surface area contributed by atoms with Crippen LogP contribution in [-0.2, 0) is 9.84 Å². The van der Waals surface area contributed by atoms with E-state index in [0.29, 0.717) is 16.9 Å². The molecule has 5 heteroatoms. The van der Waals surface area contributed by atoms with Crippen molar-refractivity contribution in [3.05, 3.63) is 64.6 Å². The molecule has 0 bridgehead atoms. The molecule has 0 N–H and O–H groups in total. The van der Waals surface area contributed by atoms with Crippen LogP contribution < -0.4 is 0 Å². The van der Waals surface area contributed by atoms with Gasteiger partial charge in [-0.3, -0.25) is 4.79 Å². The summed E-state index contributed by atoms with van der Waals surface area (Å²) >= 11 is 3.31. The highest BCUT2D eigenvalue weighted by Crippen LogP contribution is 2.15. The smallest absolute Gasteiger partial charge is 0.178 e. The minimum Gasteiger partial charge on any atom is -0.294 e. The van der Waals surface area contributed by atoms with Crippen LogP contribution in [0.4, 0.5) is 0 Å². The van der Waals surface area contributed by atoms with Crippen molar-refractivity contribution in [2.45, 2.75) is 17.7 Å². The van der Waals surface area contributed by atoms with Crippen LogP contribution in [0.5, 0.6) is 0 Å². The molecule has 0 unspecified atom stereocenters. The van der Waals surface area contributed by atoms with Gasteiger partial charge in [0.1, 0.15) is 0 Å². The molecule has 3 nitrogen and oxygen atoms in total. The molecule has 2 aromatic carbocycles. The maximum Gasteiger partial charge on any atom is 0.178 e. The second-order valence-corrected chi connectivity index (χ2v) is 7.69. The third-order valence-electron chi connectivity index (χ3n) is 3.09. The van der Waals surface area contributed by atoms with E-state index in [1.165, 1.54) is 0 Å². The van der Waals surface area contributed by atoms with Crippen molar-refractivity contribution in [1.29, 1.82) is 0 Å². The highest BCUT2D eigenvalue weighted by atomic mass is 79.9. The molecular formula is C16H15BrO3S. The molecule has 2 aromatic rings. The summed E-state index contributed by atoms with van der Waals surface area (Å²) in [5.41, 5.74) is 0.607. The highest BCUT2D eigenvalue weighted by Gasteiger charge is 2.14. The van der Waals surface area contributed by atoms with Gasteiger partial charge in [-0.1, -0.05) is 46.3 Å². The number of halogens is 1. The van der Waals surface area contributed by atoms with Crippen molar-refractivity contribution in [3.63, 3.8) is 0 Å². The van der Waals surface area contributed by atoms with Gasteiger partial charge in [0, 0.05) is 16.5 Å². The summed E-state index contributed by atoms with van der Waals surface area (Å²) in [5.74, 6) is -0.0509. The summed E-state index contributed by atoms with van der Waals surface area (Å²) in [7, 11) is -3.30. The van der Waals surface area contributed by atoms with E-state index in [1.807, 2.05) is 0 Å². The second-order valence-electron chi connectivity index (χ2n) is 4.67. The summed E-state index contributed by atoms with van der Waals surface area (Å²) in [6.07, 6.45) is 0.555. The lowest BCUT2D eigenvalue weighted by Crippen LogP contribution is -2.09. The van der Waals surface area contributed by atoms with Gasteiger partial charge in [0.2, 0.25) is 0 Å². The fourth-order valence-corrected chi connectivity index (χ4v) is 3.54. The quantitative estimate of drug-likeness (QED) is 0.728. The van der Waals surface area contributed by atoms with E-state index in [0.717, 1.165) is 4.47 Å². The monoisotopic (exact) mass is 366 g/mol. The number of ketones is 1. The third-order valence-corrected chi connectivity index (χ3v) is 5.43. The number of hydrogen-bond donors (Lipinski definition) is 0. The average Bonchev–Trinajstić information content (AvgIpc) is 2.48. The van der Waals surface area contributed by atoms with E-state index in [4.69, 9.17) is 0 Å². The Morgan fingerprint density at radius 2 is 1.57 bits per heavy atom. The molecule has 110 valence electrons. The Bertz CT molecular complexity index is 707. The van der Waals surface area contributed by atoms with Gasteiger partial charge < -0.3 is 0 Å². The molecule has 2 rings (SSSR count). The number of Topliss-reactive ketones (excluding diaryl/α,β-unsaturated/α-hetero) is 1. The van der Waals surface area contributed by atoms with Gasteiger partial charge >= 0.3 is 0 Å². The van der Waals surface area contributed by atoms with Gasteiger partial charge in [-0.05, 0) is 30.7 Å². The number of rotatable bonds is 6. The van der Waals surface area contributed by atoms with Crippen LogP contribution in [0.1, 0.15) is 23.2 Å². The molecule has 0 amide bonds. The molecule has 21 heavy (non-hydrogen) atoms. The Hall–Kier alpha value is -1.46. The number of carbonyl (C=O) groups excluding carboxylic acids is 1. The molecule has 0 aromatic heterocycles. The lowest BCUT2D eigenvalue weighted by atomic mass is 10.1. The molecule has 0 heterocycles. The van der Waals surface area contributed by atoms with Crippen LogP contribution in [0.3, 0.4) is 0 Å². The van der Waals surface area contributed by atoms with E-state index in [9.17, 15) is 13.2 Å². The molecule has 0 aliphatic carbocycles. The van der Waals surface area contributed by atoms with Crippen LogP contribution in [0.15, 0.2) is 64.0 Å². The van der Waals surface area contributed by atoms with Crippen molar-refractivity contribution < 1.29 is 13.2 Å². The van der Waals surface area contributed by atoms with Crippen LogP contribution in [0.2, 0.25) is 0 Å². The molecule has 0 fully saturated rings. The number of benzene rings is 2. The van der Waals surface area contributed by atoms with E-state index in [-0.39, 0.29) is 18.0 Å². The first-order chi connectivity index (χ1) is 9.99. The zero-order valence-corrected chi connectivity index (χ0v) is 13.7. The molecule has 0 spiro atoms. The summed E-state index contributed by atoms with van der Waals surface area (Å²) in [4.78, 5) is 12.3. The van der Waals surface area contributed by atoms with Crippen molar-refractivity contribution >= 4 is 31.6 Å². The standard InChI is InChI=1S/C16H15BrO3S/c17-14-10-8-13(9-11-14)16(18)7-4-12-21(19,20)15-5-2-1-3-6-15/h1-3,5-6,8-11H,4,7,12H2. The molecule has 0 atom stereocenters. The van der Waals surface area contributed by atoms with E-state index >= 15 is 0 Å². The van der Waals surface area contributed by atoms with Gasteiger partial charge in [0.05, 0.1) is 10.6 Å².